The number of nitrogens with zero attached hydrogens (tertiary/aromatic N) is 2. The maximum absolute atomic E-state index is 12.3. The lowest BCUT2D eigenvalue weighted by molar-refractivity contribution is -0.0277. The van der Waals surface area contributed by atoms with Gasteiger partial charge in [0, 0.05) is 32.9 Å². The topological polar surface area (TPSA) is 58.8 Å². The third kappa shape index (κ3) is 3.04. The first kappa shape index (κ1) is 14.7. The molecule has 0 spiro atoms. The van der Waals surface area contributed by atoms with Gasteiger partial charge in [0.05, 0.1) is 23.5 Å². The Morgan fingerprint density at radius 2 is 2.10 bits per heavy atom. The largest absolute Gasteiger partial charge is 0.399 e. The molecule has 5 nitrogen and oxygen atoms in total. The quantitative estimate of drug-likeness (QED) is 0.834. The van der Waals surface area contributed by atoms with Gasteiger partial charge >= 0.3 is 0 Å². The van der Waals surface area contributed by atoms with Gasteiger partial charge in [-0.15, -0.1) is 0 Å². The molecular formula is C15H23N3O2. The van der Waals surface area contributed by atoms with E-state index in [1.807, 2.05) is 6.07 Å². The maximum atomic E-state index is 12.3. The molecule has 0 unspecified atom stereocenters. The highest BCUT2D eigenvalue weighted by atomic mass is 16.5. The van der Waals surface area contributed by atoms with Crippen LogP contribution in [0.15, 0.2) is 18.2 Å². The van der Waals surface area contributed by atoms with E-state index in [-0.39, 0.29) is 11.5 Å². The summed E-state index contributed by atoms with van der Waals surface area (Å²) in [6.45, 7) is 6.26. The van der Waals surface area contributed by atoms with Crippen molar-refractivity contribution in [2.45, 2.75) is 19.4 Å². The summed E-state index contributed by atoms with van der Waals surface area (Å²) in [6.07, 6.45) is 0. The third-order valence-corrected chi connectivity index (χ3v) is 3.42. The smallest absolute Gasteiger partial charge is 0.255 e. The fourth-order valence-corrected chi connectivity index (χ4v) is 2.45. The van der Waals surface area contributed by atoms with Gasteiger partial charge in [0.2, 0.25) is 0 Å². The first-order valence-corrected chi connectivity index (χ1v) is 6.80. The zero-order chi connectivity index (χ0) is 14.9. The number of nitrogens with two attached hydrogens (primary N) is 1. The van der Waals surface area contributed by atoms with E-state index < -0.39 is 0 Å². The molecule has 0 radical (unpaired) electrons. The molecule has 0 aromatic heterocycles. The molecule has 1 fully saturated rings. The summed E-state index contributed by atoms with van der Waals surface area (Å²) in [5.74, 6) is -0.00991. The minimum absolute atomic E-state index is 0.00991. The molecule has 1 saturated heterocycles. The van der Waals surface area contributed by atoms with Crippen molar-refractivity contribution < 1.29 is 9.53 Å². The molecule has 5 heteroatoms. The molecular weight excluding hydrogens is 254 g/mol. The van der Waals surface area contributed by atoms with Gasteiger partial charge in [-0.3, -0.25) is 4.79 Å². The van der Waals surface area contributed by atoms with E-state index in [2.05, 4.69) is 18.7 Å². The minimum Gasteiger partial charge on any atom is -0.399 e. The molecule has 0 bridgehead atoms. The van der Waals surface area contributed by atoms with Crippen LogP contribution < -0.4 is 10.6 Å². The fourth-order valence-electron chi connectivity index (χ4n) is 2.45. The second kappa shape index (κ2) is 5.32. The first-order chi connectivity index (χ1) is 9.30. The van der Waals surface area contributed by atoms with Crippen LogP contribution in [0.4, 0.5) is 11.4 Å². The lowest BCUT2D eigenvalue weighted by atomic mass is 10.0. The molecule has 1 aliphatic rings. The van der Waals surface area contributed by atoms with Gasteiger partial charge in [0.1, 0.15) is 0 Å². The highest BCUT2D eigenvalue weighted by molar-refractivity contribution is 6.00. The highest BCUT2D eigenvalue weighted by Gasteiger charge is 2.29. The van der Waals surface area contributed by atoms with E-state index in [4.69, 9.17) is 10.5 Å². The summed E-state index contributed by atoms with van der Waals surface area (Å²) in [5.41, 5.74) is 7.91. The molecule has 1 aromatic rings. The molecule has 2 rings (SSSR count). The van der Waals surface area contributed by atoms with Crippen LogP contribution in [0, 0.1) is 0 Å². The Kier molecular flexibility index (Phi) is 3.90. The van der Waals surface area contributed by atoms with E-state index in [1.54, 1.807) is 31.1 Å². The highest BCUT2D eigenvalue weighted by Crippen LogP contribution is 2.28. The predicted octanol–water partition coefficient (Wildman–Crippen LogP) is 1.59. The molecule has 2 N–H and O–H groups in total. The van der Waals surface area contributed by atoms with E-state index in [1.165, 1.54) is 0 Å². The monoisotopic (exact) mass is 277 g/mol. The van der Waals surface area contributed by atoms with Crippen molar-refractivity contribution in [2.24, 2.45) is 0 Å². The van der Waals surface area contributed by atoms with Crippen molar-refractivity contribution in [3.8, 4) is 0 Å². The molecule has 0 atom stereocenters. The van der Waals surface area contributed by atoms with Crippen LogP contribution in [-0.4, -0.2) is 50.2 Å². The standard InChI is InChI=1S/C15H23N3O2/c1-15(2)10-18(7-8-20-15)13-9-11(16)5-6-12(13)14(19)17(3)4/h5-6,9H,7-8,10,16H2,1-4H3. The Morgan fingerprint density at radius 1 is 1.40 bits per heavy atom. The van der Waals surface area contributed by atoms with Crippen LogP contribution in [0.1, 0.15) is 24.2 Å². The van der Waals surface area contributed by atoms with Crippen LogP contribution in [0.5, 0.6) is 0 Å². The Bertz CT molecular complexity index is 512. The van der Waals surface area contributed by atoms with Crippen molar-refractivity contribution >= 4 is 17.3 Å². The second-order valence-corrected chi connectivity index (χ2v) is 6.01. The van der Waals surface area contributed by atoms with Gasteiger partial charge in [0.25, 0.3) is 5.91 Å². The zero-order valence-electron chi connectivity index (χ0n) is 12.6. The normalized spacial score (nSPS) is 17.9. The van der Waals surface area contributed by atoms with Crippen molar-refractivity contribution in [1.82, 2.24) is 4.90 Å². The molecule has 0 aliphatic carbocycles. The van der Waals surface area contributed by atoms with Gasteiger partial charge < -0.3 is 20.3 Å². The van der Waals surface area contributed by atoms with Crippen LogP contribution in [-0.2, 0) is 4.74 Å². The number of anilines is 2. The van der Waals surface area contributed by atoms with Crippen LogP contribution >= 0.6 is 0 Å². The molecule has 110 valence electrons. The number of ether oxygens (including phenoxy) is 1. The second-order valence-electron chi connectivity index (χ2n) is 6.01. The number of hydrogen-bond donors (Lipinski definition) is 1. The Morgan fingerprint density at radius 3 is 2.70 bits per heavy atom. The molecule has 20 heavy (non-hydrogen) atoms. The van der Waals surface area contributed by atoms with Gasteiger partial charge in [0.15, 0.2) is 0 Å². The number of carbonyl (C=O) groups is 1. The van der Waals surface area contributed by atoms with Gasteiger partial charge in [-0.25, -0.2) is 0 Å². The van der Waals surface area contributed by atoms with E-state index in [9.17, 15) is 4.79 Å². The molecule has 1 aromatic carbocycles. The van der Waals surface area contributed by atoms with Crippen molar-refractivity contribution in [3.63, 3.8) is 0 Å². The maximum Gasteiger partial charge on any atom is 0.255 e. The number of morpholine rings is 1. The molecule has 1 heterocycles. The number of hydrogen-bond acceptors (Lipinski definition) is 4. The van der Waals surface area contributed by atoms with E-state index in [0.717, 1.165) is 18.8 Å². The van der Waals surface area contributed by atoms with Crippen molar-refractivity contribution in [1.29, 1.82) is 0 Å². The first-order valence-electron chi connectivity index (χ1n) is 6.80. The lowest BCUT2D eigenvalue weighted by Gasteiger charge is -2.40. The zero-order valence-corrected chi connectivity index (χ0v) is 12.6. The van der Waals surface area contributed by atoms with Crippen LogP contribution in [0.3, 0.4) is 0 Å². The van der Waals surface area contributed by atoms with Crippen LogP contribution in [0.2, 0.25) is 0 Å². The van der Waals surface area contributed by atoms with Crippen molar-refractivity contribution in [3.05, 3.63) is 23.8 Å². The van der Waals surface area contributed by atoms with Crippen molar-refractivity contribution in [2.75, 3.05) is 44.4 Å². The van der Waals surface area contributed by atoms with Gasteiger partial charge in [-0.2, -0.15) is 0 Å². The summed E-state index contributed by atoms with van der Waals surface area (Å²) in [4.78, 5) is 16.1. The predicted molar refractivity (Wildman–Crippen MR) is 81.1 cm³/mol. The summed E-state index contributed by atoms with van der Waals surface area (Å²) in [7, 11) is 3.51. The molecule has 0 saturated carbocycles. The summed E-state index contributed by atoms with van der Waals surface area (Å²) >= 11 is 0. The lowest BCUT2D eigenvalue weighted by Crippen LogP contribution is -2.49. The Hall–Kier alpha value is -1.75. The van der Waals surface area contributed by atoms with Gasteiger partial charge in [-0.05, 0) is 32.0 Å². The SMILES string of the molecule is CN(C)C(=O)c1ccc(N)cc1N1CCOC(C)(C)C1. The summed E-state index contributed by atoms with van der Waals surface area (Å²) in [6, 6.07) is 5.44. The number of nitrogen functional groups attached to an aromatic ring is 1. The number of rotatable bonds is 2. The molecule has 1 aliphatic heterocycles. The number of amides is 1. The summed E-state index contributed by atoms with van der Waals surface area (Å²) in [5, 5.41) is 0. The number of carbonyl (C=O) groups excluding carboxylic acids is 1. The van der Waals surface area contributed by atoms with E-state index in [0.29, 0.717) is 17.9 Å². The minimum atomic E-state index is -0.221. The molecule has 1 amide bonds. The van der Waals surface area contributed by atoms with E-state index >= 15 is 0 Å². The van der Waals surface area contributed by atoms with Crippen LogP contribution in [0.25, 0.3) is 0 Å². The number of benzene rings is 1. The average molecular weight is 277 g/mol. The summed E-state index contributed by atoms with van der Waals surface area (Å²) < 4.78 is 5.73. The fraction of sp³-hybridized carbons (Fsp3) is 0.533. The Balaban J connectivity index is 2.39. The average Bonchev–Trinajstić information content (AvgIpc) is 2.36. The Labute approximate surface area is 120 Å². The third-order valence-electron chi connectivity index (χ3n) is 3.42. The van der Waals surface area contributed by atoms with Gasteiger partial charge in [-0.1, -0.05) is 0 Å².